The van der Waals surface area contributed by atoms with Crippen LogP contribution in [0.1, 0.15) is 12.5 Å². The Morgan fingerprint density at radius 3 is 2.35 bits per heavy atom. The first kappa shape index (κ1) is 32.7. The maximum atomic E-state index is 12.5. The molecule has 2 unspecified atom stereocenters. The number of fused-ring (bicyclic) bond motifs is 2. The monoisotopic (exact) mass is 688 g/mol. The number of ether oxygens (including phenoxy) is 2. The van der Waals surface area contributed by atoms with E-state index in [4.69, 9.17) is 24.3 Å². The van der Waals surface area contributed by atoms with Crippen molar-refractivity contribution in [2.24, 2.45) is 0 Å². The summed E-state index contributed by atoms with van der Waals surface area (Å²) in [6.07, 6.45) is -5.10. The Labute approximate surface area is 256 Å². The highest BCUT2D eigenvalue weighted by atomic mass is 31.3. The van der Waals surface area contributed by atoms with Crippen LogP contribution in [0.3, 0.4) is 0 Å². The van der Waals surface area contributed by atoms with Crippen molar-refractivity contribution in [3.05, 3.63) is 53.7 Å². The van der Waals surface area contributed by atoms with Gasteiger partial charge in [-0.25, -0.2) is 24.1 Å². The Kier molecular flexibility index (Phi) is 8.80. The summed E-state index contributed by atoms with van der Waals surface area (Å²) in [7, 11) is -10.7. The van der Waals surface area contributed by atoms with Gasteiger partial charge >= 0.3 is 15.6 Å². The first-order chi connectivity index (χ1) is 21.7. The largest absolute Gasteiger partial charge is 0.481 e. The molecule has 6 heterocycles. The molecule has 2 aliphatic heterocycles. The summed E-state index contributed by atoms with van der Waals surface area (Å²) >= 11 is 0. The van der Waals surface area contributed by atoms with E-state index in [1.807, 2.05) is 0 Å². The van der Waals surface area contributed by atoms with Crippen LogP contribution >= 0.6 is 15.6 Å². The highest BCUT2D eigenvalue weighted by Crippen LogP contribution is 2.60. The number of phosphoric ester groups is 2. The van der Waals surface area contributed by atoms with E-state index in [0.29, 0.717) is 5.39 Å². The first-order valence-electron chi connectivity index (χ1n) is 13.4. The molecule has 2 saturated heterocycles. The lowest BCUT2D eigenvalue weighted by atomic mass is 10.1. The molecule has 4 aromatic rings. The Bertz CT molecular complexity index is 1910. The topological polar surface area (TPSA) is 308 Å². The molecule has 0 aromatic carbocycles. The molecule has 0 amide bonds. The van der Waals surface area contributed by atoms with Crippen molar-refractivity contribution in [1.29, 1.82) is 0 Å². The van der Waals surface area contributed by atoms with Crippen molar-refractivity contribution in [2.45, 2.75) is 49.1 Å². The van der Waals surface area contributed by atoms with Crippen LogP contribution in [0.25, 0.3) is 21.9 Å². The third-order valence-corrected chi connectivity index (χ3v) is 9.98. The molecule has 0 saturated carbocycles. The lowest BCUT2D eigenvalue weighted by Gasteiger charge is -2.20. The van der Waals surface area contributed by atoms with Gasteiger partial charge in [0.1, 0.15) is 47.8 Å². The fourth-order valence-corrected chi connectivity index (χ4v) is 7.17. The van der Waals surface area contributed by atoms with Gasteiger partial charge in [0.05, 0.1) is 19.5 Å². The second-order valence-electron chi connectivity index (χ2n) is 10.4. The average Bonchev–Trinajstić information content (AvgIpc) is 3.65. The van der Waals surface area contributed by atoms with Gasteiger partial charge in [-0.15, -0.1) is 0 Å². The number of aliphatic hydroxyl groups is 4. The van der Waals surface area contributed by atoms with Gasteiger partial charge in [0, 0.05) is 17.6 Å². The molecule has 248 valence electrons. The molecule has 0 spiro atoms. The minimum atomic E-state index is -5.37. The van der Waals surface area contributed by atoms with Crippen LogP contribution in [0.2, 0.25) is 0 Å². The number of nitrogens with zero attached hydrogens (tertiary/aromatic N) is 5. The third kappa shape index (κ3) is 6.34. The summed E-state index contributed by atoms with van der Waals surface area (Å²) in [5.41, 5.74) is 5.71. The van der Waals surface area contributed by atoms with Gasteiger partial charge in [-0.3, -0.25) is 18.4 Å². The second-order valence-corrected chi connectivity index (χ2v) is 13.4. The number of H-pyrrole nitrogens is 1. The minimum absolute atomic E-state index is 0.0531. The number of hydrogen-bond donors (Lipinski definition) is 8. The molecule has 23 heteroatoms. The zero-order valence-corrected chi connectivity index (χ0v) is 25.0. The lowest BCUT2D eigenvalue weighted by molar-refractivity contribution is -0.764. The van der Waals surface area contributed by atoms with Crippen molar-refractivity contribution in [3.63, 3.8) is 0 Å². The Hall–Kier alpha value is -3.27. The predicted molar refractivity (Wildman–Crippen MR) is 149 cm³/mol. The van der Waals surface area contributed by atoms with E-state index in [-0.39, 0.29) is 22.4 Å². The van der Waals surface area contributed by atoms with Crippen molar-refractivity contribution in [2.75, 3.05) is 18.9 Å². The zero-order valence-electron chi connectivity index (χ0n) is 23.2. The molecule has 2 fully saturated rings. The van der Waals surface area contributed by atoms with Gasteiger partial charge in [0.2, 0.25) is 0 Å². The molecule has 4 aromatic heterocycles. The molecule has 0 aliphatic carbocycles. The number of aromatic amines is 1. The fourth-order valence-electron chi connectivity index (χ4n) is 5.08. The number of imidazole rings is 1. The number of pyridine rings is 2. The molecular formula is C23H28N7O14P2+. The van der Waals surface area contributed by atoms with Crippen LogP contribution in [0, 0.1) is 0 Å². The summed E-state index contributed by atoms with van der Waals surface area (Å²) in [5, 5.41) is 42.8. The summed E-state index contributed by atoms with van der Waals surface area (Å²) < 4.78 is 52.5. The highest BCUT2D eigenvalue weighted by Gasteiger charge is 2.50. The molecule has 0 radical (unpaired) electrons. The second kappa shape index (κ2) is 12.4. The smallest absolute Gasteiger partial charge is 0.387 e. The maximum Gasteiger partial charge on any atom is 0.481 e. The summed E-state index contributed by atoms with van der Waals surface area (Å²) in [6, 6.07) is 3.23. The first-order valence-corrected chi connectivity index (χ1v) is 16.4. The van der Waals surface area contributed by atoms with Gasteiger partial charge < -0.3 is 50.4 Å². The molecule has 10 atom stereocenters. The van der Waals surface area contributed by atoms with E-state index >= 15 is 0 Å². The molecule has 9 N–H and O–H groups in total. The van der Waals surface area contributed by atoms with Gasteiger partial charge in [-0.05, 0) is 6.07 Å². The number of phosphoric acid groups is 2. The van der Waals surface area contributed by atoms with Crippen molar-refractivity contribution in [1.82, 2.24) is 24.5 Å². The molecule has 2 aliphatic rings. The third-order valence-electron chi connectivity index (χ3n) is 7.38. The van der Waals surface area contributed by atoms with E-state index in [9.17, 15) is 44.1 Å². The Morgan fingerprint density at radius 1 is 0.957 bits per heavy atom. The number of aliphatic hydroxyl groups excluding tert-OH is 4. The van der Waals surface area contributed by atoms with Crippen LogP contribution in [0.4, 0.5) is 5.82 Å². The maximum absolute atomic E-state index is 12.5. The summed E-state index contributed by atoms with van der Waals surface area (Å²) in [5.74, 6) is 0.0531. The fraction of sp³-hybridized carbons (Fsp3) is 0.435. The number of hydrogen-bond acceptors (Lipinski definition) is 16. The van der Waals surface area contributed by atoms with E-state index in [0.717, 1.165) is 6.33 Å². The van der Waals surface area contributed by atoms with Crippen LogP contribution in [-0.2, 0) is 32.0 Å². The van der Waals surface area contributed by atoms with Gasteiger partial charge in [-0.1, -0.05) is 0 Å². The zero-order chi connectivity index (χ0) is 33.0. The van der Waals surface area contributed by atoms with Crippen molar-refractivity contribution in [3.8, 4) is 0 Å². The Balaban J connectivity index is 1.04. The molecule has 46 heavy (non-hydrogen) atoms. The molecular weight excluding hydrogens is 660 g/mol. The number of anilines is 1. The van der Waals surface area contributed by atoms with Crippen LogP contribution in [0.5, 0.6) is 0 Å². The highest BCUT2D eigenvalue weighted by molar-refractivity contribution is 7.61. The van der Waals surface area contributed by atoms with E-state index in [1.54, 1.807) is 12.1 Å². The summed E-state index contributed by atoms with van der Waals surface area (Å²) in [6.45, 7) is -1.78. The van der Waals surface area contributed by atoms with E-state index in [2.05, 4.69) is 24.2 Å². The number of rotatable bonds is 10. The van der Waals surface area contributed by atoms with Crippen LogP contribution in [0.15, 0.2) is 48.2 Å². The lowest BCUT2D eigenvalue weighted by Crippen LogP contribution is -2.46. The van der Waals surface area contributed by atoms with Gasteiger partial charge in [0.15, 0.2) is 36.2 Å². The Morgan fingerprint density at radius 2 is 1.63 bits per heavy atom. The number of nitrogen functional groups attached to an aromatic ring is 1. The molecule has 21 nitrogen and oxygen atoms in total. The number of nitrogens with two attached hydrogens (primary N) is 1. The van der Waals surface area contributed by atoms with E-state index in [1.165, 1.54) is 34.1 Å². The van der Waals surface area contributed by atoms with Crippen molar-refractivity contribution >= 4 is 43.4 Å². The summed E-state index contributed by atoms with van der Waals surface area (Å²) in [4.78, 5) is 46.7. The standard InChI is InChI=1S/C23H27N7O14P2/c24-19-14-20(27-8-26-19)30(9-28-14)23-18(34)16(32)13(43-23)7-41-46(38,39)44-45(36,37)40-6-12-15(31)17(33)22(42-12)29-4-2-10-1-3-25-21(35)11(10)5-29/h1-5,8-9,12-13,15-18,22-23,31-34H,6-7H2,(H4,24,26,27,36,37,38,39)/p+1/t12-,13-,15-,16-,17-,18-,22-,23-/m1/s1. The van der Waals surface area contributed by atoms with E-state index < -0.39 is 83.5 Å². The van der Waals surface area contributed by atoms with Crippen molar-refractivity contribution < 1.29 is 66.7 Å². The van der Waals surface area contributed by atoms with Gasteiger partial charge in [-0.2, -0.15) is 8.88 Å². The SMILES string of the molecule is Nc1ncnc2c1ncn2[C@@H]1O[C@H](COP(=O)(O)OP(=O)(O)OC[C@H]2O[C@@H]([n+]3ccc4cc[nH]c(=O)c4c3)[C@H](O)[C@@H]2O)[C@@H](O)[C@H]1O. The quantitative estimate of drug-likeness (QED) is 0.0643. The molecule has 6 rings (SSSR count). The number of nitrogens with one attached hydrogen (secondary N) is 1. The predicted octanol–water partition coefficient (Wildman–Crippen LogP) is -2.27. The normalized spacial score (nSPS) is 30.9. The van der Waals surface area contributed by atoms with Crippen LogP contribution in [-0.4, -0.2) is 105 Å². The number of aromatic nitrogens is 6. The minimum Gasteiger partial charge on any atom is -0.387 e. The van der Waals surface area contributed by atoms with Gasteiger partial charge in [0.25, 0.3) is 11.8 Å². The average molecular weight is 688 g/mol. The van der Waals surface area contributed by atoms with Crippen LogP contribution < -0.4 is 15.9 Å². The molecule has 0 bridgehead atoms.